The molecule has 2 aromatic heterocycles. The highest BCUT2D eigenvalue weighted by Crippen LogP contribution is 2.33. The van der Waals surface area contributed by atoms with Crippen LogP contribution in [0.1, 0.15) is 73.6 Å². The Hall–Kier alpha value is -5.21. The van der Waals surface area contributed by atoms with Gasteiger partial charge in [-0.2, -0.15) is 5.10 Å². The average Bonchev–Trinajstić information content (AvgIpc) is 3.54. The number of amides is 5. The zero-order chi connectivity index (χ0) is 37.7. The summed E-state index contributed by atoms with van der Waals surface area (Å²) in [5.74, 6) is -1.32. The van der Waals surface area contributed by atoms with Crippen LogP contribution in [0.2, 0.25) is 0 Å². The summed E-state index contributed by atoms with van der Waals surface area (Å²) in [7, 11) is 1.56. The lowest BCUT2D eigenvalue weighted by molar-refractivity contribution is -0.143. The molecule has 5 rings (SSSR count). The molecule has 4 atom stereocenters. The van der Waals surface area contributed by atoms with Crippen LogP contribution in [0.25, 0.3) is 16.7 Å². The van der Waals surface area contributed by atoms with E-state index in [0.717, 1.165) is 12.8 Å². The second kappa shape index (κ2) is 16.0. The third-order valence-electron chi connectivity index (χ3n) is 8.90. The minimum atomic E-state index is -1.07. The Morgan fingerprint density at radius 3 is 2.42 bits per heavy atom. The normalized spacial score (nSPS) is 18.4. The number of benzene rings is 1. The van der Waals surface area contributed by atoms with Gasteiger partial charge in [-0.25, -0.2) is 14.5 Å². The quantitative estimate of drug-likeness (QED) is 0.182. The van der Waals surface area contributed by atoms with E-state index >= 15 is 0 Å². The summed E-state index contributed by atoms with van der Waals surface area (Å²) in [4.78, 5) is 73.5. The summed E-state index contributed by atoms with van der Waals surface area (Å²) >= 11 is 0. The van der Waals surface area contributed by atoms with Crippen molar-refractivity contribution in [2.24, 2.45) is 5.92 Å². The highest BCUT2D eigenvalue weighted by Gasteiger charge is 2.45. The van der Waals surface area contributed by atoms with Gasteiger partial charge in [0.05, 0.1) is 25.2 Å². The molecule has 4 N–H and O–H groups in total. The molecule has 2 aliphatic rings. The van der Waals surface area contributed by atoms with Crippen molar-refractivity contribution in [3.8, 4) is 17.3 Å². The van der Waals surface area contributed by atoms with Gasteiger partial charge in [0.25, 0.3) is 5.91 Å². The highest BCUT2D eigenvalue weighted by atomic mass is 16.5. The minimum absolute atomic E-state index is 0.00827. The van der Waals surface area contributed by atoms with Crippen molar-refractivity contribution >= 4 is 40.4 Å². The predicted octanol–water partition coefficient (Wildman–Crippen LogP) is 3.03. The van der Waals surface area contributed by atoms with Crippen LogP contribution in [0.15, 0.2) is 42.7 Å². The molecule has 15 heteroatoms. The third kappa shape index (κ3) is 9.36. The topological polar surface area (TPSA) is 186 Å². The molecule has 1 saturated carbocycles. The highest BCUT2D eigenvalue weighted by molar-refractivity contribution is 6.38. The number of fused-ring (bicyclic) bond motifs is 1. The van der Waals surface area contributed by atoms with E-state index in [1.54, 1.807) is 48.5 Å². The van der Waals surface area contributed by atoms with Crippen LogP contribution < -0.4 is 30.7 Å². The number of carbonyl (C=O) groups is 5. The number of likely N-dealkylation sites (tertiary alicyclic amines) is 1. The Morgan fingerprint density at radius 2 is 1.81 bits per heavy atom. The number of hydrogen-bond donors (Lipinski definition) is 4. The largest absolute Gasteiger partial charge is 0.497 e. The molecule has 0 radical (unpaired) electrons. The molecule has 0 spiro atoms. The molecule has 1 saturated heterocycles. The van der Waals surface area contributed by atoms with Gasteiger partial charge in [0.2, 0.25) is 17.6 Å². The van der Waals surface area contributed by atoms with Gasteiger partial charge in [-0.1, -0.05) is 27.2 Å². The van der Waals surface area contributed by atoms with Gasteiger partial charge in [-0.05, 0) is 64.2 Å². The summed E-state index contributed by atoms with van der Waals surface area (Å²) in [5.41, 5.74) is 0.0322. The number of nitrogens with zero attached hydrogens (tertiary/aromatic N) is 4. The van der Waals surface area contributed by atoms with Gasteiger partial charge in [-0.3, -0.25) is 19.2 Å². The van der Waals surface area contributed by atoms with Crippen molar-refractivity contribution in [2.45, 2.75) is 109 Å². The van der Waals surface area contributed by atoms with Crippen LogP contribution in [-0.4, -0.2) is 98.7 Å². The van der Waals surface area contributed by atoms with Crippen LogP contribution in [0.5, 0.6) is 11.5 Å². The van der Waals surface area contributed by atoms with Crippen LogP contribution in [0.3, 0.4) is 0 Å². The Bertz CT molecular complexity index is 1780. The van der Waals surface area contributed by atoms with Crippen LogP contribution in [0, 0.1) is 5.92 Å². The van der Waals surface area contributed by atoms with E-state index in [4.69, 9.17) is 14.5 Å². The fourth-order valence-electron chi connectivity index (χ4n) is 6.14. The second-order valence-electron chi connectivity index (χ2n) is 14.8. The molecule has 1 aliphatic carbocycles. The zero-order valence-corrected chi connectivity index (χ0v) is 30.9. The first-order valence-electron chi connectivity index (χ1n) is 17.9. The summed E-state index contributed by atoms with van der Waals surface area (Å²) in [6, 6.07) is 5.25. The van der Waals surface area contributed by atoms with Crippen LogP contribution in [-0.2, 0) is 19.2 Å². The van der Waals surface area contributed by atoms with Crippen molar-refractivity contribution in [2.75, 3.05) is 13.7 Å². The van der Waals surface area contributed by atoms with Gasteiger partial charge in [0, 0.05) is 47.9 Å². The fourth-order valence-corrected chi connectivity index (χ4v) is 6.14. The average molecular weight is 719 g/mol. The Labute approximate surface area is 303 Å². The number of Topliss-reactive ketones (excluding diaryl/α,β-unsaturated/α-hetero) is 1. The lowest BCUT2D eigenvalue weighted by Crippen LogP contribution is -2.59. The number of nitrogens with one attached hydrogen (secondary N) is 4. The number of hydrogen-bond acceptors (Lipinski definition) is 9. The molecule has 5 amide bonds. The van der Waals surface area contributed by atoms with Crippen molar-refractivity contribution in [1.29, 1.82) is 0 Å². The van der Waals surface area contributed by atoms with Crippen molar-refractivity contribution in [1.82, 2.24) is 40.9 Å². The first kappa shape index (κ1) is 38.0. The molecule has 15 nitrogen and oxygen atoms in total. The van der Waals surface area contributed by atoms with E-state index in [1.165, 1.54) is 4.90 Å². The number of rotatable bonds is 14. The van der Waals surface area contributed by atoms with Crippen molar-refractivity contribution in [3.63, 3.8) is 0 Å². The van der Waals surface area contributed by atoms with Gasteiger partial charge < -0.3 is 35.6 Å². The molecule has 280 valence electrons. The maximum atomic E-state index is 14.4. The van der Waals surface area contributed by atoms with E-state index in [0.29, 0.717) is 34.6 Å². The lowest BCUT2D eigenvalue weighted by Gasteiger charge is -2.32. The number of ether oxygens (including phenoxy) is 2. The monoisotopic (exact) mass is 718 g/mol. The molecule has 2 fully saturated rings. The van der Waals surface area contributed by atoms with Crippen molar-refractivity contribution in [3.05, 3.63) is 42.7 Å². The van der Waals surface area contributed by atoms with Gasteiger partial charge >= 0.3 is 6.03 Å². The van der Waals surface area contributed by atoms with Crippen molar-refractivity contribution < 1.29 is 33.4 Å². The van der Waals surface area contributed by atoms with E-state index in [-0.39, 0.29) is 31.3 Å². The molecule has 52 heavy (non-hydrogen) atoms. The SMILES string of the molecule is CCC[C@H](NC(=O)[C@@H]1C[C@@H](Oc2cc(-n3cccn3)nc3cc(OC)ccc23)CN1C(=O)[C@@H](NC(=O)NC(C)(C)C)C(C)C)C(=O)C(=O)NC1CC1. The number of urea groups is 1. The van der Waals surface area contributed by atoms with Gasteiger partial charge in [0.1, 0.15) is 29.7 Å². The molecule has 0 bridgehead atoms. The number of methoxy groups -OCH3 is 1. The molecule has 0 unspecified atom stereocenters. The number of aromatic nitrogens is 3. The van der Waals surface area contributed by atoms with E-state index in [2.05, 4.69) is 26.4 Å². The Morgan fingerprint density at radius 1 is 1.06 bits per heavy atom. The van der Waals surface area contributed by atoms with Gasteiger partial charge in [0.15, 0.2) is 5.82 Å². The molecular formula is C37H50N8O7. The summed E-state index contributed by atoms with van der Waals surface area (Å²) in [6.07, 6.45) is 5.20. The molecule has 3 aromatic rings. The van der Waals surface area contributed by atoms with Crippen LogP contribution in [0.4, 0.5) is 4.79 Å². The van der Waals surface area contributed by atoms with E-state index in [1.807, 2.05) is 47.6 Å². The summed E-state index contributed by atoms with van der Waals surface area (Å²) < 4.78 is 13.6. The maximum absolute atomic E-state index is 14.4. The van der Waals surface area contributed by atoms with Gasteiger partial charge in [-0.15, -0.1) is 0 Å². The smallest absolute Gasteiger partial charge is 0.315 e. The van der Waals surface area contributed by atoms with E-state index in [9.17, 15) is 24.0 Å². The standard InChI is InChI=1S/C37H50N8O7/c1-8-10-26(32(46)34(48)39-22-11-12-22)41-33(47)28-18-24(20-44(28)35(49)31(21(2)3)42-36(50)43-37(4,5)6)52-29-19-30(45-16-9-15-38-45)40-27-17-23(51-7)13-14-25(27)29/h9,13-17,19,21-22,24,26,28,31H,8,10-12,18,20H2,1-7H3,(H,39,48)(H,41,47)(H2,42,43,50)/t24-,26+,28+,31+/m1/s1. The predicted molar refractivity (Wildman–Crippen MR) is 193 cm³/mol. The van der Waals surface area contributed by atoms with Crippen LogP contribution >= 0.6 is 0 Å². The number of pyridine rings is 1. The Balaban J connectivity index is 1.46. The molecular weight excluding hydrogens is 668 g/mol. The first-order chi connectivity index (χ1) is 24.7. The second-order valence-corrected chi connectivity index (χ2v) is 14.8. The fraction of sp³-hybridized carbons (Fsp3) is 0.541. The summed E-state index contributed by atoms with van der Waals surface area (Å²) in [5, 5.41) is 16.1. The number of ketones is 1. The minimum Gasteiger partial charge on any atom is -0.497 e. The zero-order valence-electron chi connectivity index (χ0n) is 30.9. The maximum Gasteiger partial charge on any atom is 0.315 e. The lowest BCUT2D eigenvalue weighted by atomic mass is 10.0. The summed E-state index contributed by atoms with van der Waals surface area (Å²) in [6.45, 7) is 11.0. The number of carbonyl (C=O) groups excluding carboxylic acids is 5. The first-order valence-corrected chi connectivity index (χ1v) is 17.9. The Kier molecular flexibility index (Phi) is 11.7. The molecule has 1 aromatic carbocycles. The third-order valence-corrected chi connectivity index (χ3v) is 8.90. The molecule has 1 aliphatic heterocycles. The van der Waals surface area contributed by atoms with E-state index < -0.39 is 59.3 Å². The molecule has 3 heterocycles.